The second-order valence-electron chi connectivity index (χ2n) is 6.30. The van der Waals surface area contributed by atoms with Crippen LogP contribution in [-0.4, -0.2) is 59.1 Å². The Labute approximate surface area is 183 Å². The van der Waals surface area contributed by atoms with Crippen LogP contribution in [0.5, 0.6) is 0 Å². The fourth-order valence-electron chi connectivity index (χ4n) is 3.64. The molecule has 2 aromatic rings. The van der Waals surface area contributed by atoms with Crippen LogP contribution in [0.1, 0.15) is 30.0 Å². The predicted molar refractivity (Wildman–Crippen MR) is 104 cm³/mol. The molecule has 0 N–H and O–H groups in total. The van der Waals surface area contributed by atoms with Gasteiger partial charge in [-0.2, -0.15) is 0 Å². The van der Waals surface area contributed by atoms with Crippen LogP contribution in [0.4, 0.5) is 0 Å². The molecule has 0 saturated heterocycles. The van der Waals surface area contributed by atoms with Gasteiger partial charge in [0.15, 0.2) is 0 Å². The molecule has 0 spiro atoms. The van der Waals surface area contributed by atoms with Crippen LogP contribution in [0.2, 0.25) is 0 Å². The van der Waals surface area contributed by atoms with E-state index in [-0.39, 0.29) is 59.1 Å². The molecule has 0 amide bonds. The molecule has 1 unspecified atom stereocenters. The summed E-state index contributed by atoms with van der Waals surface area (Å²) in [5, 5.41) is 0. The van der Waals surface area contributed by atoms with Crippen LogP contribution in [0.15, 0.2) is 66.3 Å². The summed E-state index contributed by atoms with van der Waals surface area (Å²) in [4.78, 5) is 0. The molecule has 0 fully saturated rings. The van der Waals surface area contributed by atoms with E-state index in [1.807, 2.05) is 0 Å². The molecule has 1 atom stereocenters. The van der Waals surface area contributed by atoms with Crippen molar-refractivity contribution < 1.29 is 0 Å². The third-order valence-electron chi connectivity index (χ3n) is 4.83. The van der Waals surface area contributed by atoms with Gasteiger partial charge in [-0.1, -0.05) is 73.2 Å². The molecule has 23 heavy (non-hydrogen) atoms. The van der Waals surface area contributed by atoms with Gasteiger partial charge in [-0.15, -0.1) is 0 Å². The monoisotopic (exact) mass is 320 g/mol. The predicted octanol–water partition coefficient (Wildman–Crippen LogP) is 4.03. The van der Waals surface area contributed by atoms with E-state index in [1.165, 1.54) is 27.8 Å². The minimum absolute atomic E-state index is 0. The van der Waals surface area contributed by atoms with Gasteiger partial charge in [0.25, 0.3) is 0 Å². The van der Waals surface area contributed by atoms with Crippen molar-refractivity contribution in [3.63, 3.8) is 0 Å². The third kappa shape index (κ3) is 3.95. The number of rotatable bonds is 3. The van der Waals surface area contributed by atoms with Crippen LogP contribution in [0.3, 0.4) is 0 Å². The van der Waals surface area contributed by atoms with Crippen molar-refractivity contribution in [2.45, 2.75) is 26.2 Å². The Bertz CT molecular complexity index is 756. The summed E-state index contributed by atoms with van der Waals surface area (Å²) in [5.74, 6) is 0.641. The van der Waals surface area contributed by atoms with Crippen molar-refractivity contribution in [2.75, 3.05) is 0 Å². The van der Waals surface area contributed by atoms with Crippen molar-refractivity contribution in [1.29, 1.82) is 0 Å². The Morgan fingerprint density at radius 1 is 0.957 bits per heavy atom. The van der Waals surface area contributed by atoms with Gasteiger partial charge in [0.1, 0.15) is 0 Å². The summed E-state index contributed by atoms with van der Waals surface area (Å²) in [7, 11) is 0. The van der Waals surface area contributed by atoms with Crippen molar-refractivity contribution in [3.8, 4) is 11.1 Å². The molecular formula is C21H22Na2. The van der Waals surface area contributed by atoms with Gasteiger partial charge >= 0.3 is 59.1 Å². The normalized spacial score (nSPS) is 15.1. The fourth-order valence-corrected chi connectivity index (χ4v) is 3.64. The van der Waals surface area contributed by atoms with Crippen molar-refractivity contribution in [1.82, 2.24) is 0 Å². The Morgan fingerprint density at radius 2 is 1.74 bits per heavy atom. The molecule has 0 radical (unpaired) electrons. The van der Waals surface area contributed by atoms with E-state index in [4.69, 9.17) is 0 Å². The zero-order valence-electron chi connectivity index (χ0n) is 12.5. The number of hydrogen-bond acceptors (Lipinski definition) is 0. The van der Waals surface area contributed by atoms with Crippen LogP contribution in [0, 0.1) is 5.92 Å². The standard InChI is InChI=1S/C21H20.2Na.2H/c1-15(17-6-2-3-7-17)12-16-10-11-21-19(13-16)14-18-8-4-5-9-20(18)21;;;;/h2-6,8-11,13,15H,7,12,14H2,1H3;;;;. The first-order chi connectivity index (χ1) is 10.3. The minimum atomic E-state index is 0. The molecule has 2 aromatic carbocycles. The van der Waals surface area contributed by atoms with E-state index in [0.717, 1.165) is 19.3 Å². The summed E-state index contributed by atoms with van der Waals surface area (Å²) in [6, 6.07) is 15.9. The average Bonchev–Trinajstić information content (AvgIpc) is 3.14. The quantitative estimate of drug-likeness (QED) is 0.639. The number of allylic oxidation sites excluding steroid dienone is 4. The summed E-state index contributed by atoms with van der Waals surface area (Å²) >= 11 is 0. The van der Waals surface area contributed by atoms with E-state index in [2.05, 4.69) is 67.6 Å². The topological polar surface area (TPSA) is 0 Å². The van der Waals surface area contributed by atoms with Gasteiger partial charge in [0, 0.05) is 0 Å². The number of fused-ring (bicyclic) bond motifs is 3. The van der Waals surface area contributed by atoms with Gasteiger partial charge in [-0.25, -0.2) is 0 Å². The van der Waals surface area contributed by atoms with Crippen LogP contribution in [0.25, 0.3) is 11.1 Å². The first-order valence-corrected chi connectivity index (χ1v) is 7.87. The van der Waals surface area contributed by atoms with Crippen molar-refractivity contribution in [3.05, 3.63) is 83.0 Å². The van der Waals surface area contributed by atoms with E-state index >= 15 is 0 Å². The van der Waals surface area contributed by atoms with Gasteiger partial charge in [-0.3, -0.25) is 0 Å². The van der Waals surface area contributed by atoms with Gasteiger partial charge < -0.3 is 0 Å². The molecule has 0 aliphatic heterocycles. The van der Waals surface area contributed by atoms with Gasteiger partial charge in [0.2, 0.25) is 0 Å². The molecule has 0 bridgehead atoms. The maximum atomic E-state index is 2.43. The molecule has 4 rings (SSSR count). The van der Waals surface area contributed by atoms with Crippen molar-refractivity contribution in [2.24, 2.45) is 5.92 Å². The second-order valence-corrected chi connectivity index (χ2v) is 6.30. The van der Waals surface area contributed by atoms with Crippen LogP contribution in [-0.2, 0) is 12.8 Å². The average molecular weight is 320 g/mol. The Kier molecular flexibility index (Phi) is 6.98. The fraction of sp³-hybridized carbons (Fsp3) is 0.238. The van der Waals surface area contributed by atoms with Gasteiger partial charge in [-0.05, 0) is 53.0 Å². The second kappa shape index (κ2) is 8.34. The van der Waals surface area contributed by atoms with Crippen LogP contribution >= 0.6 is 0 Å². The van der Waals surface area contributed by atoms with E-state index in [9.17, 15) is 0 Å². The zero-order chi connectivity index (χ0) is 14.2. The Hall–Kier alpha value is -0.0800. The molecule has 2 aliphatic carbocycles. The molecule has 0 heterocycles. The first kappa shape index (κ1) is 19.2. The Balaban J connectivity index is 0.000000960. The van der Waals surface area contributed by atoms with Crippen LogP contribution < -0.4 is 0 Å². The van der Waals surface area contributed by atoms with Gasteiger partial charge in [0.05, 0.1) is 0 Å². The molecule has 108 valence electrons. The number of benzene rings is 2. The third-order valence-corrected chi connectivity index (χ3v) is 4.83. The summed E-state index contributed by atoms with van der Waals surface area (Å²) in [6.07, 6.45) is 10.1. The molecule has 2 aliphatic rings. The SMILES string of the molecule is CC(Cc1ccc2c(c1)Cc1ccccc1-2)C1=CC=CC1.[NaH].[NaH]. The summed E-state index contributed by atoms with van der Waals surface area (Å²) in [5.41, 5.74) is 8.87. The van der Waals surface area contributed by atoms with E-state index < -0.39 is 0 Å². The molecule has 0 aromatic heterocycles. The van der Waals surface area contributed by atoms with E-state index in [0.29, 0.717) is 5.92 Å². The molecular weight excluding hydrogens is 298 g/mol. The first-order valence-electron chi connectivity index (χ1n) is 7.87. The zero-order valence-corrected chi connectivity index (χ0v) is 12.5. The Morgan fingerprint density at radius 3 is 2.52 bits per heavy atom. The molecule has 0 nitrogen and oxygen atoms in total. The van der Waals surface area contributed by atoms with E-state index in [1.54, 1.807) is 5.57 Å². The number of hydrogen-bond donors (Lipinski definition) is 0. The summed E-state index contributed by atoms with van der Waals surface area (Å²) < 4.78 is 0. The maximum absolute atomic E-state index is 2.43. The summed E-state index contributed by atoms with van der Waals surface area (Å²) in [6.45, 7) is 2.35. The molecule has 2 heteroatoms. The van der Waals surface area contributed by atoms with Crippen molar-refractivity contribution >= 4 is 59.1 Å². The molecule has 0 saturated carbocycles.